The van der Waals surface area contributed by atoms with E-state index in [-0.39, 0.29) is 42.6 Å². The molecule has 1 radical (unpaired) electrons. The molecule has 1 heterocycles. The zero-order valence-corrected chi connectivity index (χ0v) is 29.9. The molecule has 0 amide bonds. The summed E-state index contributed by atoms with van der Waals surface area (Å²) < 4.78 is 9.96. The quantitative estimate of drug-likeness (QED) is 0.0732. The first-order valence-electron chi connectivity index (χ1n) is 14.8. The third-order valence-electron chi connectivity index (χ3n) is 5.44. The van der Waals surface area contributed by atoms with Crippen LogP contribution in [0.1, 0.15) is 81.8 Å². The fourth-order valence-corrected chi connectivity index (χ4v) is 3.57. The van der Waals surface area contributed by atoms with Crippen molar-refractivity contribution in [2.45, 2.75) is 76.0 Å². The Morgan fingerprint density at radius 3 is 1.66 bits per heavy atom. The molecule has 0 saturated heterocycles. The van der Waals surface area contributed by atoms with Crippen LogP contribution in [0.3, 0.4) is 0 Å². The maximum Gasteiger partial charge on any atom is 0.342 e. The molecule has 15 heteroatoms. The van der Waals surface area contributed by atoms with E-state index < -0.39 is 17.9 Å². The number of carbonyl (C=O) groups excluding carboxylic acids is 2. The molecule has 0 aliphatic rings. The predicted molar refractivity (Wildman–Crippen MR) is 186 cm³/mol. The number of oxime groups is 1. The maximum atomic E-state index is 11.8. The van der Waals surface area contributed by atoms with Gasteiger partial charge in [0.15, 0.2) is 0 Å². The molecule has 0 bridgehead atoms. The van der Waals surface area contributed by atoms with Crippen molar-refractivity contribution in [2.24, 2.45) is 10.9 Å². The van der Waals surface area contributed by atoms with Gasteiger partial charge in [-0.2, -0.15) is 0 Å². The monoisotopic (exact) mass is 749 g/mol. The number of carboxylic acid groups (broad SMARTS) is 2. The van der Waals surface area contributed by atoms with E-state index in [1.807, 2.05) is 60.7 Å². The van der Waals surface area contributed by atoms with E-state index in [1.54, 1.807) is 41.5 Å². The molecule has 2 aromatic carbocycles. The second kappa shape index (κ2) is 27.8. The van der Waals surface area contributed by atoms with Crippen molar-refractivity contribution in [3.8, 4) is 0 Å². The number of aryl methyl sites for hydroxylation is 1. The standard InChI is InChI=1S/C15H18N2O3.C15H20N2O3.2C2H4O2.CH4.Cu/c1-4-19-15(18)14-11(2)16-17(12(14)3)20-10-13-8-6-5-7-9-13;1-4-19-15(18)14(11(2)16)12(3)17-20-10-13-8-6-5-7-9-13;2*1-2(3)4;;/h5-9H,4,10H2,1-3H3;5-9H,4,10,16H2,1-3H3;2*1H3,(H,3,4);1H4;/b;14-11+,17-12-;;;;. The van der Waals surface area contributed by atoms with Gasteiger partial charge in [0.1, 0.15) is 24.4 Å². The van der Waals surface area contributed by atoms with Gasteiger partial charge in [-0.05, 0) is 52.7 Å². The normalized spacial score (nSPS) is 10.2. The number of hydrogen-bond acceptors (Lipinski definition) is 11. The van der Waals surface area contributed by atoms with Gasteiger partial charge >= 0.3 is 11.9 Å². The Hall–Kier alpha value is -5.14. The van der Waals surface area contributed by atoms with Crippen LogP contribution in [0.2, 0.25) is 0 Å². The van der Waals surface area contributed by atoms with Crippen molar-refractivity contribution in [2.75, 3.05) is 13.2 Å². The summed E-state index contributed by atoms with van der Waals surface area (Å²) >= 11 is 0. The smallest absolute Gasteiger partial charge is 0.342 e. The van der Waals surface area contributed by atoms with Crippen molar-refractivity contribution in [3.63, 3.8) is 0 Å². The van der Waals surface area contributed by atoms with Gasteiger partial charge in [0, 0.05) is 36.6 Å². The molecule has 0 spiro atoms. The topological polar surface area (TPSA) is 202 Å². The van der Waals surface area contributed by atoms with E-state index in [0.29, 0.717) is 48.2 Å². The number of aliphatic carboxylic acids is 2. The SMILES string of the molecule is C.CC(=O)O.CC(=O)O.CCOC(=O)C(/C(C)=N\OCc1ccccc1)=C(\C)N.CCOC(=O)c1c(C)nn(OCc2ccccc2)c1C.[Cu]. The first-order valence-corrected chi connectivity index (χ1v) is 14.8. The molecule has 1 aromatic heterocycles. The first kappa shape index (κ1) is 49.2. The zero-order valence-electron chi connectivity index (χ0n) is 29.0. The van der Waals surface area contributed by atoms with Crippen LogP contribution < -0.4 is 10.6 Å². The van der Waals surface area contributed by atoms with Crippen LogP contribution in [0.4, 0.5) is 0 Å². The molecule has 0 unspecified atom stereocenters. The van der Waals surface area contributed by atoms with E-state index >= 15 is 0 Å². The molecule has 3 aromatic rings. The van der Waals surface area contributed by atoms with Gasteiger partial charge in [0.2, 0.25) is 0 Å². The van der Waals surface area contributed by atoms with Gasteiger partial charge in [0.25, 0.3) is 11.9 Å². The third-order valence-corrected chi connectivity index (χ3v) is 5.44. The molecule has 4 N–H and O–H groups in total. The van der Waals surface area contributed by atoms with E-state index in [1.165, 1.54) is 4.85 Å². The van der Waals surface area contributed by atoms with Crippen LogP contribution >= 0.6 is 0 Å². The van der Waals surface area contributed by atoms with E-state index in [2.05, 4.69) is 10.3 Å². The fourth-order valence-electron chi connectivity index (χ4n) is 3.57. The Bertz CT molecular complexity index is 1480. The molecule has 14 nitrogen and oxygen atoms in total. The van der Waals surface area contributed by atoms with Crippen molar-refractivity contribution in [1.29, 1.82) is 0 Å². The summed E-state index contributed by atoms with van der Waals surface area (Å²) in [5, 5.41) is 23.0. The number of benzene rings is 2. The first-order chi connectivity index (χ1) is 22.7. The van der Waals surface area contributed by atoms with Crippen LogP contribution in [-0.2, 0) is 59.0 Å². The number of nitrogens with zero attached hydrogens (tertiary/aromatic N) is 3. The van der Waals surface area contributed by atoms with Crippen LogP contribution in [0.15, 0.2) is 77.1 Å². The summed E-state index contributed by atoms with van der Waals surface area (Å²) in [6, 6.07) is 19.4. The third kappa shape index (κ3) is 21.0. The molecule has 0 fully saturated rings. The van der Waals surface area contributed by atoms with Crippen molar-refractivity contribution in [1.82, 2.24) is 9.94 Å². The Labute approximate surface area is 304 Å². The largest absolute Gasteiger partial charge is 0.481 e. The van der Waals surface area contributed by atoms with Crippen LogP contribution in [-0.4, -0.2) is 63.0 Å². The molecule has 50 heavy (non-hydrogen) atoms. The summed E-state index contributed by atoms with van der Waals surface area (Å²) in [6.07, 6.45) is 0. The molecular weight excluding hydrogens is 700 g/mol. The number of esters is 2. The summed E-state index contributed by atoms with van der Waals surface area (Å²) in [5.74, 6) is -2.52. The molecular formula is C35H50CuN4O10. The Kier molecular flexibility index (Phi) is 27.4. The van der Waals surface area contributed by atoms with Crippen LogP contribution in [0.5, 0.6) is 0 Å². The van der Waals surface area contributed by atoms with Crippen molar-refractivity contribution < 1.29 is 65.6 Å². The number of rotatable bonds is 11. The second-order valence-corrected chi connectivity index (χ2v) is 9.65. The average Bonchev–Trinajstić information content (AvgIpc) is 3.29. The van der Waals surface area contributed by atoms with Crippen molar-refractivity contribution in [3.05, 3.63) is 100 Å². The van der Waals surface area contributed by atoms with E-state index in [9.17, 15) is 9.59 Å². The molecule has 281 valence electrons. The number of hydrogen-bond donors (Lipinski definition) is 3. The maximum absolute atomic E-state index is 11.8. The van der Waals surface area contributed by atoms with Gasteiger partial charge in [-0.1, -0.05) is 73.2 Å². The predicted octanol–water partition coefficient (Wildman–Crippen LogP) is 5.50. The average molecular weight is 750 g/mol. The van der Waals surface area contributed by atoms with Gasteiger partial charge in [0.05, 0.1) is 30.3 Å². The van der Waals surface area contributed by atoms with E-state index in [4.69, 9.17) is 44.7 Å². The number of carbonyl (C=O) groups is 4. The number of aromatic nitrogens is 2. The Morgan fingerprint density at radius 2 is 1.24 bits per heavy atom. The molecule has 0 aliphatic carbocycles. The molecule has 0 atom stereocenters. The van der Waals surface area contributed by atoms with Crippen molar-refractivity contribution >= 4 is 29.6 Å². The number of allylic oxidation sites excluding steroid dienone is 1. The van der Waals surface area contributed by atoms with Gasteiger partial charge < -0.3 is 35.1 Å². The minimum Gasteiger partial charge on any atom is -0.481 e. The van der Waals surface area contributed by atoms with Gasteiger partial charge in [-0.25, -0.2) is 9.59 Å². The minimum absolute atomic E-state index is 0. The van der Waals surface area contributed by atoms with Gasteiger partial charge in [-0.15, -0.1) is 9.94 Å². The van der Waals surface area contributed by atoms with Crippen LogP contribution in [0.25, 0.3) is 0 Å². The Morgan fingerprint density at radius 1 is 0.800 bits per heavy atom. The zero-order chi connectivity index (χ0) is 36.6. The van der Waals surface area contributed by atoms with Crippen LogP contribution in [0, 0.1) is 13.8 Å². The number of nitrogens with two attached hydrogens (primary N) is 1. The molecule has 0 aliphatic heterocycles. The summed E-state index contributed by atoms with van der Waals surface area (Å²) in [6.45, 7) is 13.9. The van der Waals surface area contributed by atoms with Gasteiger partial charge in [-0.3, -0.25) is 9.59 Å². The van der Waals surface area contributed by atoms with E-state index in [0.717, 1.165) is 25.0 Å². The number of ether oxygens (including phenoxy) is 2. The molecule has 0 saturated carbocycles. The summed E-state index contributed by atoms with van der Waals surface area (Å²) in [7, 11) is 0. The number of carboxylic acids is 2. The Balaban J connectivity index is -0.000000704. The molecule has 3 rings (SSSR count). The fraction of sp³-hybridized carbons (Fsp3) is 0.371. The second-order valence-electron chi connectivity index (χ2n) is 9.65. The summed E-state index contributed by atoms with van der Waals surface area (Å²) in [4.78, 5) is 53.8. The minimum atomic E-state index is -0.833. The summed E-state index contributed by atoms with van der Waals surface area (Å²) in [5.41, 5.74) is 10.5.